The van der Waals surface area contributed by atoms with Crippen molar-refractivity contribution < 1.29 is 14.1 Å². The summed E-state index contributed by atoms with van der Waals surface area (Å²) in [7, 11) is 0. The first kappa shape index (κ1) is 8.79. The topological polar surface area (TPSA) is 73.3 Å². The lowest BCUT2D eigenvalue weighted by atomic mass is 10.3. The van der Waals surface area contributed by atoms with Gasteiger partial charge in [0.25, 0.3) is 0 Å². The van der Waals surface area contributed by atoms with E-state index in [1.54, 1.807) is 0 Å². The minimum absolute atomic E-state index is 0.0231. The van der Waals surface area contributed by atoms with Crippen molar-refractivity contribution in [3.05, 3.63) is 28.0 Å². The number of ketones is 1. The summed E-state index contributed by atoms with van der Waals surface area (Å²) in [6, 6.07) is 2.40. The van der Waals surface area contributed by atoms with Crippen molar-refractivity contribution >= 4 is 24.3 Å². The smallest absolute Gasteiger partial charge is 0.397 e. The van der Waals surface area contributed by atoms with Gasteiger partial charge in [-0.1, -0.05) is 0 Å². The minimum atomic E-state index is -0.699. The van der Waals surface area contributed by atoms with Crippen LogP contribution in [-0.4, -0.2) is 16.5 Å². The van der Waals surface area contributed by atoms with Crippen molar-refractivity contribution in [2.75, 3.05) is 5.75 Å². The van der Waals surface area contributed by atoms with Gasteiger partial charge < -0.3 is 4.42 Å². The van der Waals surface area contributed by atoms with Crippen molar-refractivity contribution in [3.8, 4) is 0 Å². The van der Waals surface area contributed by atoms with Crippen LogP contribution in [-0.2, 0) is 0 Å². The number of Topliss-reactive ketones (excluding diaryl/α,β-unsaturated/α-hetero) is 1. The van der Waals surface area contributed by atoms with Gasteiger partial charge in [0, 0.05) is 0 Å². The highest BCUT2D eigenvalue weighted by atomic mass is 32.1. The highest BCUT2D eigenvalue weighted by Crippen LogP contribution is 2.15. The third-order valence-corrected chi connectivity index (χ3v) is 1.48. The molecule has 1 aromatic heterocycles. The average molecular weight is 187 g/mol. The van der Waals surface area contributed by atoms with E-state index in [9.17, 15) is 14.9 Å². The number of nitro groups is 1. The van der Waals surface area contributed by atoms with Gasteiger partial charge in [-0.25, -0.2) is 0 Å². The van der Waals surface area contributed by atoms with Gasteiger partial charge in [0.05, 0.1) is 11.8 Å². The van der Waals surface area contributed by atoms with E-state index in [1.165, 1.54) is 6.07 Å². The van der Waals surface area contributed by atoms with Gasteiger partial charge in [0.1, 0.15) is 4.92 Å². The zero-order chi connectivity index (χ0) is 9.14. The van der Waals surface area contributed by atoms with Crippen LogP contribution in [0.3, 0.4) is 0 Å². The number of furan rings is 1. The largest absolute Gasteiger partial charge is 0.433 e. The average Bonchev–Trinajstić information content (AvgIpc) is 2.51. The summed E-state index contributed by atoms with van der Waals surface area (Å²) in [6.45, 7) is 0. The Labute approximate surface area is 72.9 Å². The maximum Gasteiger partial charge on any atom is 0.433 e. The van der Waals surface area contributed by atoms with Crippen LogP contribution in [0.5, 0.6) is 0 Å². The van der Waals surface area contributed by atoms with E-state index < -0.39 is 10.8 Å². The summed E-state index contributed by atoms with van der Waals surface area (Å²) in [5, 5.41) is 10.1. The van der Waals surface area contributed by atoms with Gasteiger partial charge in [-0.15, -0.1) is 0 Å². The second kappa shape index (κ2) is 3.40. The SMILES string of the molecule is O=C(CS)c1ccc([N+](=O)[O-])o1. The van der Waals surface area contributed by atoms with E-state index in [0.29, 0.717) is 0 Å². The third kappa shape index (κ3) is 1.65. The van der Waals surface area contributed by atoms with Gasteiger partial charge in [0.15, 0.2) is 5.76 Å². The second-order valence-corrected chi connectivity index (χ2v) is 2.29. The number of hydrogen-bond acceptors (Lipinski definition) is 5. The van der Waals surface area contributed by atoms with Crippen LogP contribution in [0.1, 0.15) is 10.6 Å². The maximum absolute atomic E-state index is 10.9. The Balaban J connectivity index is 2.91. The van der Waals surface area contributed by atoms with E-state index >= 15 is 0 Å². The Morgan fingerprint density at radius 1 is 1.67 bits per heavy atom. The molecule has 12 heavy (non-hydrogen) atoms. The zero-order valence-electron chi connectivity index (χ0n) is 5.89. The highest BCUT2D eigenvalue weighted by molar-refractivity contribution is 7.81. The molecule has 0 spiro atoms. The molecule has 1 rings (SSSR count). The molecule has 0 bridgehead atoms. The van der Waals surface area contributed by atoms with Crippen LogP contribution < -0.4 is 0 Å². The summed E-state index contributed by atoms with van der Waals surface area (Å²) in [5.74, 6) is -0.853. The first-order valence-corrected chi connectivity index (χ1v) is 3.66. The molecule has 6 heteroatoms. The fourth-order valence-electron chi connectivity index (χ4n) is 0.654. The molecule has 1 aromatic rings. The number of carbonyl (C=O) groups excluding carboxylic acids is 1. The van der Waals surface area contributed by atoms with Crippen LogP contribution in [0, 0.1) is 10.1 Å². The van der Waals surface area contributed by atoms with Gasteiger partial charge in [-0.3, -0.25) is 14.9 Å². The number of carbonyl (C=O) groups is 1. The molecule has 1 heterocycles. The molecule has 0 aliphatic carbocycles. The number of rotatable bonds is 3. The molecule has 0 aliphatic rings. The van der Waals surface area contributed by atoms with Gasteiger partial charge in [-0.2, -0.15) is 12.6 Å². The van der Waals surface area contributed by atoms with Crippen LogP contribution in [0.4, 0.5) is 5.88 Å². The molecule has 0 radical (unpaired) electrons. The molecule has 0 aromatic carbocycles. The van der Waals surface area contributed by atoms with Crippen molar-refractivity contribution in [3.63, 3.8) is 0 Å². The standard InChI is InChI=1S/C6H5NO4S/c8-4(3-12)5-1-2-6(11-5)7(9)10/h1-2,12H,3H2. The van der Waals surface area contributed by atoms with Crippen LogP contribution in [0.25, 0.3) is 0 Å². The van der Waals surface area contributed by atoms with Gasteiger partial charge >= 0.3 is 5.88 Å². The van der Waals surface area contributed by atoms with Crippen molar-refractivity contribution in [1.82, 2.24) is 0 Å². The Bertz CT molecular complexity index is 319. The van der Waals surface area contributed by atoms with E-state index in [2.05, 4.69) is 17.0 Å². The highest BCUT2D eigenvalue weighted by Gasteiger charge is 2.15. The summed E-state index contributed by atoms with van der Waals surface area (Å²) in [5.41, 5.74) is 0. The molecule has 0 amide bonds. The third-order valence-electron chi connectivity index (χ3n) is 1.19. The summed E-state index contributed by atoms with van der Waals surface area (Å²) in [6.07, 6.45) is 0. The molecule has 0 aliphatic heterocycles. The molecule has 0 saturated heterocycles. The number of hydrogen-bond donors (Lipinski definition) is 1. The second-order valence-electron chi connectivity index (χ2n) is 1.98. The Morgan fingerprint density at radius 2 is 2.33 bits per heavy atom. The van der Waals surface area contributed by atoms with Crippen molar-refractivity contribution in [1.29, 1.82) is 0 Å². The monoisotopic (exact) mass is 187 g/mol. The van der Waals surface area contributed by atoms with Gasteiger partial charge in [0.2, 0.25) is 5.78 Å². The Kier molecular flexibility index (Phi) is 2.49. The fraction of sp³-hybridized carbons (Fsp3) is 0.167. The lowest BCUT2D eigenvalue weighted by Gasteiger charge is -1.87. The predicted molar refractivity (Wildman–Crippen MR) is 43.5 cm³/mol. The summed E-state index contributed by atoms with van der Waals surface area (Å²) in [4.78, 5) is 20.3. The van der Waals surface area contributed by atoms with Crippen molar-refractivity contribution in [2.24, 2.45) is 0 Å². The molecule has 64 valence electrons. The first-order valence-electron chi connectivity index (χ1n) is 3.03. The molecule has 0 saturated carbocycles. The van der Waals surface area contributed by atoms with E-state index in [-0.39, 0.29) is 17.3 Å². The minimum Gasteiger partial charge on any atom is -0.397 e. The van der Waals surface area contributed by atoms with Crippen LogP contribution in [0.2, 0.25) is 0 Å². The van der Waals surface area contributed by atoms with E-state index in [1.807, 2.05) is 0 Å². The molecule has 0 N–H and O–H groups in total. The molecular weight excluding hydrogens is 182 g/mol. The Hall–Kier alpha value is -1.30. The predicted octanol–water partition coefficient (Wildman–Crippen LogP) is 1.30. The maximum atomic E-state index is 10.9. The van der Waals surface area contributed by atoms with Crippen LogP contribution in [0.15, 0.2) is 16.5 Å². The summed E-state index contributed by atoms with van der Waals surface area (Å²) < 4.78 is 4.60. The van der Waals surface area contributed by atoms with Gasteiger partial charge in [-0.05, 0) is 6.07 Å². The van der Waals surface area contributed by atoms with Crippen LogP contribution >= 0.6 is 12.6 Å². The number of nitrogens with zero attached hydrogens (tertiary/aromatic N) is 1. The molecular formula is C6H5NO4S. The fourth-order valence-corrected chi connectivity index (χ4v) is 0.809. The first-order chi connectivity index (χ1) is 5.65. The van der Waals surface area contributed by atoms with E-state index in [4.69, 9.17) is 0 Å². The lowest BCUT2D eigenvalue weighted by molar-refractivity contribution is -0.402. The molecule has 0 unspecified atom stereocenters. The molecule has 5 nitrogen and oxygen atoms in total. The van der Waals surface area contributed by atoms with E-state index in [0.717, 1.165) is 6.07 Å². The lowest BCUT2D eigenvalue weighted by Crippen LogP contribution is -1.97. The normalized spacial score (nSPS) is 9.75. The zero-order valence-corrected chi connectivity index (χ0v) is 6.78. The Morgan fingerprint density at radius 3 is 2.75 bits per heavy atom. The molecule has 0 atom stereocenters. The molecule has 0 fully saturated rings. The quantitative estimate of drug-likeness (QED) is 0.335. The van der Waals surface area contributed by atoms with Crippen molar-refractivity contribution in [2.45, 2.75) is 0 Å². The number of thiol groups is 1. The summed E-state index contributed by atoms with van der Waals surface area (Å²) >= 11 is 3.71.